The standard InChI is InChI=1S/2C22H24N2O4/c2*1-23-22(26)19-9-14(20(25)10-15-16-11-28-12-17(15)16)8-18(24-19)21(27-2)13-6-4-3-5-7-13/h2*3-9,15-17,21H,10-12H2,1-2H3,(H,23,26)/t2*15?,16-,17+,21-/m10/s1. The first kappa shape index (κ1) is 39.1. The number of methoxy groups -OCH3 is 2. The molecule has 12 heteroatoms. The quantitative estimate of drug-likeness (QED) is 0.162. The molecule has 2 aliphatic carbocycles. The van der Waals surface area contributed by atoms with Gasteiger partial charge in [0.2, 0.25) is 0 Å². The molecule has 4 heterocycles. The molecule has 4 fully saturated rings. The maximum atomic E-state index is 12.9. The van der Waals surface area contributed by atoms with E-state index in [1.165, 1.54) is 0 Å². The second kappa shape index (κ2) is 17.3. The van der Waals surface area contributed by atoms with Gasteiger partial charge in [-0.2, -0.15) is 0 Å². The summed E-state index contributed by atoms with van der Waals surface area (Å²) in [5.41, 5.74) is 4.40. The van der Waals surface area contributed by atoms with E-state index in [0.29, 0.717) is 70.9 Å². The Hall–Kier alpha value is -5.14. The number of carbonyl (C=O) groups is 4. The van der Waals surface area contributed by atoms with Crippen LogP contribution in [0.5, 0.6) is 0 Å². The van der Waals surface area contributed by atoms with Crippen molar-refractivity contribution in [2.45, 2.75) is 25.0 Å². The van der Waals surface area contributed by atoms with Crippen LogP contribution in [0.4, 0.5) is 0 Å². The lowest BCUT2D eigenvalue weighted by molar-refractivity contribution is 0.0934. The molecule has 8 atom stereocenters. The molecule has 2 saturated carbocycles. The fraction of sp³-hybridized carbons (Fsp3) is 0.409. The Kier molecular flexibility index (Phi) is 12.1. The van der Waals surface area contributed by atoms with E-state index in [1.54, 1.807) is 52.6 Å². The zero-order chi connectivity index (χ0) is 39.3. The average molecular weight is 761 g/mol. The zero-order valence-electron chi connectivity index (χ0n) is 32.1. The van der Waals surface area contributed by atoms with E-state index in [4.69, 9.17) is 18.9 Å². The van der Waals surface area contributed by atoms with E-state index in [-0.39, 0.29) is 34.8 Å². The number of rotatable bonds is 14. The molecule has 0 bridgehead atoms. The Labute approximate surface area is 326 Å². The predicted molar refractivity (Wildman–Crippen MR) is 206 cm³/mol. The Balaban J connectivity index is 0.000000172. The molecule has 2 saturated heterocycles. The van der Waals surface area contributed by atoms with Gasteiger partial charge in [0, 0.05) is 52.3 Å². The van der Waals surface area contributed by atoms with Crippen molar-refractivity contribution in [2.24, 2.45) is 35.5 Å². The second-order valence-electron chi connectivity index (χ2n) is 14.9. The predicted octanol–water partition coefficient (Wildman–Crippen LogP) is 5.28. The van der Waals surface area contributed by atoms with Crippen LogP contribution < -0.4 is 10.6 Å². The number of hydrogen-bond acceptors (Lipinski definition) is 10. The van der Waals surface area contributed by atoms with Gasteiger partial charge in [-0.05, 0) is 70.9 Å². The van der Waals surface area contributed by atoms with Gasteiger partial charge in [0.05, 0.1) is 37.8 Å². The van der Waals surface area contributed by atoms with Crippen molar-refractivity contribution in [3.05, 3.63) is 130 Å². The van der Waals surface area contributed by atoms with Crippen LogP contribution in [-0.2, 0) is 18.9 Å². The number of Topliss-reactive ketones (excluding diaryl/α,β-unsaturated/α-hetero) is 2. The summed E-state index contributed by atoms with van der Waals surface area (Å²) in [6, 6.07) is 26.0. The van der Waals surface area contributed by atoms with Gasteiger partial charge < -0.3 is 29.6 Å². The highest BCUT2D eigenvalue weighted by molar-refractivity contribution is 6.01. The molecule has 2 unspecified atom stereocenters. The molecule has 2 aromatic heterocycles. The number of ether oxygens (including phenoxy) is 4. The summed E-state index contributed by atoms with van der Waals surface area (Å²) in [7, 11) is 6.29. The Morgan fingerprint density at radius 2 is 0.964 bits per heavy atom. The average Bonchev–Trinajstić information content (AvgIpc) is 3.82. The molecule has 292 valence electrons. The largest absolute Gasteiger partial charge is 0.381 e. The van der Waals surface area contributed by atoms with Gasteiger partial charge >= 0.3 is 0 Å². The molecule has 8 rings (SSSR count). The molecule has 56 heavy (non-hydrogen) atoms. The van der Waals surface area contributed by atoms with E-state index in [0.717, 1.165) is 37.6 Å². The van der Waals surface area contributed by atoms with Gasteiger partial charge in [0.25, 0.3) is 11.8 Å². The number of ketones is 2. The summed E-state index contributed by atoms with van der Waals surface area (Å²) < 4.78 is 22.1. The van der Waals surface area contributed by atoms with Crippen LogP contribution in [0.3, 0.4) is 0 Å². The van der Waals surface area contributed by atoms with Gasteiger partial charge in [-0.3, -0.25) is 19.2 Å². The molecule has 12 nitrogen and oxygen atoms in total. The third-order valence-electron chi connectivity index (χ3n) is 11.6. The molecule has 0 radical (unpaired) electrons. The van der Waals surface area contributed by atoms with Crippen molar-refractivity contribution in [3.8, 4) is 0 Å². The molecule has 0 spiro atoms. The summed E-state index contributed by atoms with van der Waals surface area (Å²) in [6.45, 7) is 3.03. The third-order valence-corrected chi connectivity index (χ3v) is 11.6. The number of hydrogen-bond donors (Lipinski definition) is 2. The summed E-state index contributed by atoms with van der Waals surface area (Å²) >= 11 is 0. The fourth-order valence-corrected chi connectivity index (χ4v) is 8.28. The van der Waals surface area contributed by atoms with Gasteiger partial charge in [0.15, 0.2) is 11.6 Å². The lowest BCUT2D eigenvalue weighted by Crippen LogP contribution is -2.21. The number of nitrogens with zero attached hydrogens (tertiary/aromatic N) is 2. The number of amides is 2. The van der Waals surface area contributed by atoms with Gasteiger partial charge in [0.1, 0.15) is 23.6 Å². The van der Waals surface area contributed by atoms with Gasteiger partial charge in [-0.1, -0.05) is 60.7 Å². The van der Waals surface area contributed by atoms with Crippen molar-refractivity contribution >= 4 is 23.4 Å². The van der Waals surface area contributed by atoms with E-state index in [9.17, 15) is 19.2 Å². The van der Waals surface area contributed by atoms with E-state index < -0.39 is 12.2 Å². The van der Waals surface area contributed by atoms with Crippen LogP contribution in [0.1, 0.15) is 89.3 Å². The zero-order valence-corrected chi connectivity index (χ0v) is 32.1. The van der Waals surface area contributed by atoms with Crippen molar-refractivity contribution in [1.82, 2.24) is 20.6 Å². The lowest BCUT2D eigenvalue weighted by atomic mass is 9.99. The minimum Gasteiger partial charge on any atom is -0.381 e. The van der Waals surface area contributed by atoms with E-state index in [2.05, 4.69) is 20.6 Å². The van der Waals surface area contributed by atoms with Crippen LogP contribution in [-0.4, -0.2) is 88.1 Å². The van der Waals surface area contributed by atoms with Crippen molar-refractivity contribution in [1.29, 1.82) is 0 Å². The molecular weight excluding hydrogens is 713 g/mol. The van der Waals surface area contributed by atoms with E-state index in [1.807, 2.05) is 60.7 Å². The van der Waals surface area contributed by atoms with Crippen LogP contribution in [0, 0.1) is 35.5 Å². The SMILES string of the molecule is CNC(=O)c1cc(C(=O)CC2[C@H]3COC[C@@H]23)cc([C@@H](OC)c2ccccc2)n1.CNC(=O)c1cc(C(=O)CC2[C@H]3COC[C@@H]23)cc([C@H](OC)c2ccccc2)n1. The number of pyridine rings is 2. The highest BCUT2D eigenvalue weighted by Crippen LogP contribution is 2.53. The van der Waals surface area contributed by atoms with Crippen molar-refractivity contribution < 1.29 is 38.1 Å². The minimum atomic E-state index is -0.453. The maximum absolute atomic E-state index is 12.9. The Bertz CT molecular complexity index is 1890. The van der Waals surface area contributed by atoms with Crippen LogP contribution >= 0.6 is 0 Å². The summed E-state index contributed by atoms with van der Waals surface area (Å²) in [4.78, 5) is 59.3. The second-order valence-corrected chi connectivity index (χ2v) is 14.9. The summed E-state index contributed by atoms with van der Waals surface area (Å²) in [6.07, 6.45) is 0.0634. The maximum Gasteiger partial charge on any atom is 0.269 e. The molecule has 2 aliphatic heterocycles. The first-order chi connectivity index (χ1) is 27.2. The molecular formula is C44H48N4O8. The van der Waals surface area contributed by atoms with Crippen LogP contribution in [0.2, 0.25) is 0 Å². The number of carbonyl (C=O) groups excluding carboxylic acids is 4. The highest BCUT2D eigenvalue weighted by atomic mass is 16.5. The van der Waals surface area contributed by atoms with E-state index >= 15 is 0 Å². The van der Waals surface area contributed by atoms with Crippen molar-refractivity contribution in [3.63, 3.8) is 0 Å². The first-order valence-corrected chi connectivity index (χ1v) is 19.1. The van der Waals surface area contributed by atoms with Gasteiger partial charge in [-0.15, -0.1) is 0 Å². The normalized spacial score (nSPS) is 23.7. The first-order valence-electron chi connectivity index (χ1n) is 19.1. The third kappa shape index (κ3) is 8.48. The molecule has 4 aliphatic rings. The lowest BCUT2D eigenvalue weighted by Gasteiger charge is -2.17. The smallest absolute Gasteiger partial charge is 0.269 e. The van der Waals surface area contributed by atoms with Gasteiger partial charge in [-0.25, -0.2) is 9.97 Å². The minimum absolute atomic E-state index is 0.0381. The number of nitrogens with one attached hydrogen (secondary N) is 2. The van der Waals surface area contributed by atoms with Crippen molar-refractivity contribution in [2.75, 3.05) is 54.7 Å². The fourth-order valence-electron chi connectivity index (χ4n) is 8.28. The number of benzene rings is 2. The Morgan fingerprint density at radius 1 is 0.607 bits per heavy atom. The monoisotopic (exact) mass is 760 g/mol. The molecule has 4 aromatic rings. The topological polar surface area (TPSA) is 155 Å². The number of fused-ring (bicyclic) bond motifs is 2. The molecule has 2 amide bonds. The van der Waals surface area contributed by atoms with Crippen LogP contribution in [0.25, 0.3) is 0 Å². The summed E-state index contributed by atoms with van der Waals surface area (Å²) in [5.74, 6) is 2.28. The Morgan fingerprint density at radius 3 is 1.29 bits per heavy atom. The van der Waals surface area contributed by atoms with Crippen LogP contribution in [0.15, 0.2) is 84.9 Å². The highest BCUT2D eigenvalue weighted by Gasteiger charge is 2.55. The number of aromatic nitrogens is 2. The molecule has 2 aromatic carbocycles. The molecule has 2 N–H and O–H groups in total. The summed E-state index contributed by atoms with van der Waals surface area (Å²) in [5, 5.41) is 5.17.